The lowest BCUT2D eigenvalue weighted by Crippen LogP contribution is -2.33. The molecule has 106 valence electrons. The highest BCUT2D eigenvalue weighted by Crippen LogP contribution is 2.06. The summed E-state index contributed by atoms with van der Waals surface area (Å²) in [4.78, 5) is 1.97. The van der Waals surface area contributed by atoms with E-state index in [-0.39, 0.29) is 12.6 Å². The molecule has 0 radical (unpaired) electrons. The second-order valence-corrected chi connectivity index (χ2v) is 5.01. The van der Waals surface area contributed by atoms with Crippen molar-refractivity contribution in [1.82, 2.24) is 19.2 Å². The molecule has 0 fully saturated rings. The van der Waals surface area contributed by atoms with E-state index in [0.717, 1.165) is 13.0 Å². The molecule has 1 aromatic rings. The van der Waals surface area contributed by atoms with Gasteiger partial charge in [0.15, 0.2) is 10.6 Å². The smallest absolute Gasteiger partial charge is 0.199 e. The van der Waals surface area contributed by atoms with Crippen LogP contribution in [0.2, 0.25) is 0 Å². The lowest BCUT2D eigenvalue weighted by atomic mass is 10.3. The van der Waals surface area contributed by atoms with Crippen LogP contribution in [0.15, 0.2) is 0 Å². The molecule has 0 aliphatic rings. The van der Waals surface area contributed by atoms with Crippen LogP contribution >= 0.6 is 12.2 Å². The summed E-state index contributed by atoms with van der Waals surface area (Å²) in [6, 6.07) is 2.38. The van der Waals surface area contributed by atoms with E-state index in [4.69, 9.17) is 17.5 Å². The number of nitrogens with zero attached hydrogens (tertiary/aromatic N) is 5. The molecule has 0 bridgehead atoms. The van der Waals surface area contributed by atoms with Crippen molar-refractivity contribution >= 4 is 12.2 Å². The van der Waals surface area contributed by atoms with Gasteiger partial charge in [0.1, 0.15) is 6.61 Å². The SMILES string of the molecule is CCCn1c(CO)nn(CN(CC#N)C(C)C)c1=S. The Morgan fingerprint density at radius 3 is 2.68 bits per heavy atom. The fraction of sp³-hybridized carbons (Fsp3) is 0.750. The number of rotatable bonds is 7. The van der Waals surface area contributed by atoms with Crippen LogP contribution in [0.4, 0.5) is 0 Å². The van der Waals surface area contributed by atoms with Crippen molar-refractivity contribution in [3.05, 3.63) is 10.6 Å². The molecule has 1 rings (SSSR count). The molecule has 7 heteroatoms. The van der Waals surface area contributed by atoms with Gasteiger partial charge in [-0.25, -0.2) is 4.68 Å². The second kappa shape index (κ2) is 7.38. The predicted molar refractivity (Wildman–Crippen MR) is 74.7 cm³/mol. The standard InChI is InChI=1S/C12H21N5OS/c1-4-6-16-11(8-18)14-17(12(16)19)9-15(7-5-13)10(2)3/h10,18H,4,6-9H2,1-3H3. The molecule has 0 saturated heterocycles. The lowest BCUT2D eigenvalue weighted by molar-refractivity contribution is 0.182. The van der Waals surface area contributed by atoms with Crippen LogP contribution in [0.25, 0.3) is 0 Å². The fourth-order valence-corrected chi connectivity index (χ4v) is 2.10. The lowest BCUT2D eigenvalue weighted by Gasteiger charge is -2.22. The van der Waals surface area contributed by atoms with Crippen molar-refractivity contribution in [3.63, 3.8) is 0 Å². The van der Waals surface area contributed by atoms with Crippen molar-refractivity contribution in [2.24, 2.45) is 0 Å². The predicted octanol–water partition coefficient (Wildman–Crippen LogP) is 1.51. The van der Waals surface area contributed by atoms with Crippen molar-refractivity contribution in [2.45, 2.75) is 53.1 Å². The van der Waals surface area contributed by atoms with Crippen LogP contribution in [0.1, 0.15) is 33.0 Å². The normalized spacial score (nSPS) is 11.2. The zero-order valence-electron chi connectivity index (χ0n) is 11.7. The monoisotopic (exact) mass is 283 g/mol. The van der Waals surface area contributed by atoms with Gasteiger partial charge in [-0.15, -0.1) is 0 Å². The maximum atomic E-state index is 9.32. The van der Waals surface area contributed by atoms with Crippen molar-refractivity contribution in [2.75, 3.05) is 6.54 Å². The Morgan fingerprint density at radius 1 is 1.53 bits per heavy atom. The first kappa shape index (κ1) is 15.8. The van der Waals surface area contributed by atoms with Crippen LogP contribution < -0.4 is 0 Å². The Labute approximate surface area is 118 Å². The number of aliphatic hydroxyl groups is 1. The average molecular weight is 283 g/mol. The molecule has 0 aromatic carbocycles. The van der Waals surface area contributed by atoms with E-state index in [0.29, 0.717) is 23.8 Å². The van der Waals surface area contributed by atoms with Crippen molar-refractivity contribution in [3.8, 4) is 6.07 Å². The van der Waals surface area contributed by atoms with Crippen molar-refractivity contribution < 1.29 is 5.11 Å². The minimum atomic E-state index is -0.128. The second-order valence-electron chi connectivity index (χ2n) is 4.65. The van der Waals surface area contributed by atoms with Crippen molar-refractivity contribution in [1.29, 1.82) is 5.26 Å². The Hall–Kier alpha value is -1.23. The zero-order valence-corrected chi connectivity index (χ0v) is 12.5. The number of nitriles is 1. The molecule has 19 heavy (non-hydrogen) atoms. The van der Waals surface area contributed by atoms with E-state index in [9.17, 15) is 5.11 Å². The summed E-state index contributed by atoms with van der Waals surface area (Å²) in [7, 11) is 0. The van der Waals surface area contributed by atoms with E-state index in [1.807, 2.05) is 23.3 Å². The summed E-state index contributed by atoms with van der Waals surface area (Å²) < 4.78 is 4.11. The Balaban J connectivity index is 3.01. The van der Waals surface area contributed by atoms with Gasteiger partial charge in [-0.2, -0.15) is 10.4 Å². The summed E-state index contributed by atoms with van der Waals surface area (Å²) in [5.41, 5.74) is 0. The number of aliphatic hydroxyl groups excluding tert-OH is 1. The van der Waals surface area contributed by atoms with Gasteiger partial charge in [-0.05, 0) is 32.5 Å². The van der Waals surface area contributed by atoms with Gasteiger partial charge >= 0.3 is 0 Å². The summed E-state index contributed by atoms with van der Waals surface area (Å²) >= 11 is 5.38. The highest BCUT2D eigenvalue weighted by atomic mass is 32.1. The van der Waals surface area contributed by atoms with Crippen LogP contribution in [0, 0.1) is 16.1 Å². The van der Waals surface area contributed by atoms with Crippen LogP contribution in [0.3, 0.4) is 0 Å². The highest BCUT2D eigenvalue weighted by Gasteiger charge is 2.14. The molecule has 0 amide bonds. The van der Waals surface area contributed by atoms with Crippen LogP contribution in [0.5, 0.6) is 0 Å². The molecule has 6 nitrogen and oxygen atoms in total. The number of hydrogen-bond acceptors (Lipinski definition) is 5. The Bertz CT molecular complexity index is 499. The molecular weight excluding hydrogens is 262 g/mol. The van der Waals surface area contributed by atoms with Gasteiger partial charge in [0.2, 0.25) is 0 Å². The van der Waals surface area contributed by atoms with E-state index in [2.05, 4.69) is 18.1 Å². The van der Waals surface area contributed by atoms with Gasteiger partial charge in [0, 0.05) is 12.6 Å². The molecule has 1 N–H and O–H groups in total. The van der Waals surface area contributed by atoms with E-state index in [1.165, 1.54) is 0 Å². The Kier molecular flexibility index (Phi) is 6.15. The third-order valence-electron chi connectivity index (χ3n) is 2.91. The van der Waals surface area contributed by atoms with E-state index >= 15 is 0 Å². The van der Waals surface area contributed by atoms with E-state index < -0.39 is 0 Å². The quantitative estimate of drug-likeness (QED) is 0.607. The Morgan fingerprint density at radius 2 is 2.21 bits per heavy atom. The van der Waals surface area contributed by atoms with Crippen LogP contribution in [-0.2, 0) is 19.8 Å². The molecule has 1 heterocycles. The average Bonchev–Trinajstić information content (AvgIpc) is 2.67. The van der Waals surface area contributed by atoms with E-state index in [1.54, 1.807) is 4.68 Å². The number of hydrogen-bond donors (Lipinski definition) is 1. The fourth-order valence-electron chi connectivity index (χ4n) is 1.80. The zero-order chi connectivity index (χ0) is 14.4. The molecule has 0 spiro atoms. The molecular formula is C12H21N5OS. The minimum absolute atomic E-state index is 0.128. The van der Waals surface area contributed by atoms with Gasteiger partial charge < -0.3 is 9.67 Å². The molecule has 1 aromatic heterocycles. The maximum Gasteiger partial charge on any atom is 0.199 e. The molecule has 0 atom stereocenters. The van der Waals surface area contributed by atoms with Gasteiger partial charge in [-0.1, -0.05) is 6.92 Å². The molecule has 0 aliphatic carbocycles. The largest absolute Gasteiger partial charge is 0.388 e. The third-order valence-corrected chi connectivity index (χ3v) is 3.34. The number of aromatic nitrogens is 3. The summed E-state index contributed by atoms with van der Waals surface area (Å²) in [6.45, 7) is 7.51. The first-order chi connectivity index (χ1) is 9.04. The first-order valence-electron chi connectivity index (χ1n) is 6.43. The molecule has 0 aliphatic heterocycles. The first-order valence-corrected chi connectivity index (χ1v) is 6.84. The molecule has 0 unspecified atom stereocenters. The summed E-state index contributed by atoms with van der Waals surface area (Å²) in [5, 5.41) is 22.5. The van der Waals surface area contributed by atoms with Gasteiger partial charge in [0.05, 0.1) is 19.3 Å². The topological polar surface area (TPSA) is 70.0 Å². The summed E-state index contributed by atoms with van der Waals surface area (Å²) in [6.07, 6.45) is 0.930. The van der Waals surface area contributed by atoms with Gasteiger partial charge in [0.25, 0.3) is 0 Å². The highest BCUT2D eigenvalue weighted by molar-refractivity contribution is 7.71. The molecule has 0 saturated carbocycles. The maximum absolute atomic E-state index is 9.32. The van der Waals surface area contributed by atoms with Crippen LogP contribution in [-0.4, -0.2) is 36.9 Å². The summed E-state index contributed by atoms with van der Waals surface area (Å²) in [5.74, 6) is 0.576. The van der Waals surface area contributed by atoms with Gasteiger partial charge in [-0.3, -0.25) is 4.90 Å². The minimum Gasteiger partial charge on any atom is -0.388 e. The third kappa shape index (κ3) is 3.86.